The van der Waals surface area contributed by atoms with Crippen molar-refractivity contribution in [3.05, 3.63) is 120 Å². The first-order valence-corrected chi connectivity index (χ1v) is 14.5. The summed E-state index contributed by atoms with van der Waals surface area (Å²) < 4.78 is 4.52. The number of anilines is 1. The summed E-state index contributed by atoms with van der Waals surface area (Å²) in [6.45, 7) is 10.7. The Morgan fingerprint density at radius 2 is 1.12 bits per heavy atom. The first-order valence-electron chi connectivity index (χ1n) is 14.5. The molecular formula is C36H38N4O2. The van der Waals surface area contributed by atoms with Crippen LogP contribution < -0.4 is 5.73 Å². The number of rotatable bonds is 7. The van der Waals surface area contributed by atoms with Gasteiger partial charge < -0.3 is 14.9 Å². The van der Waals surface area contributed by atoms with Gasteiger partial charge in [-0.2, -0.15) is 0 Å². The molecule has 0 aliphatic heterocycles. The highest BCUT2D eigenvalue weighted by atomic mass is 16.6. The van der Waals surface area contributed by atoms with Crippen LogP contribution in [0, 0.1) is 22.0 Å². The van der Waals surface area contributed by atoms with E-state index in [9.17, 15) is 10.1 Å². The molecule has 0 amide bonds. The van der Waals surface area contributed by atoms with Gasteiger partial charge in [-0.15, -0.1) is 0 Å². The Balaban J connectivity index is 0.000000169. The summed E-state index contributed by atoms with van der Waals surface area (Å²) in [6.07, 6.45) is 4.18. The summed E-state index contributed by atoms with van der Waals surface area (Å²) >= 11 is 0. The van der Waals surface area contributed by atoms with E-state index in [1.54, 1.807) is 12.1 Å². The normalized spacial score (nSPS) is 11.3. The number of non-ortho nitro benzene ring substituents is 1. The zero-order valence-corrected chi connectivity index (χ0v) is 24.7. The number of fused-ring (bicyclic) bond motifs is 2. The minimum atomic E-state index is -0.328. The number of nitro groups is 1. The van der Waals surface area contributed by atoms with Gasteiger partial charge in [0.1, 0.15) is 0 Å². The summed E-state index contributed by atoms with van der Waals surface area (Å²) in [7, 11) is 0. The van der Waals surface area contributed by atoms with Crippen LogP contribution in [0.3, 0.4) is 0 Å². The SMILES string of the molecule is CC(C)Cn1ccc2cc(N)cc(-c3ccccc3)c21.CC(C)Cn1ccc2cc([N+](=O)[O-])cc(-c3ccccc3)c21. The zero-order valence-electron chi connectivity index (χ0n) is 24.7. The lowest BCUT2D eigenvalue weighted by atomic mass is 10.0. The number of nitro benzene ring substituents is 1. The maximum absolute atomic E-state index is 11.2. The van der Waals surface area contributed by atoms with E-state index in [4.69, 9.17) is 5.73 Å². The fourth-order valence-electron chi connectivity index (χ4n) is 5.58. The Bertz CT molecular complexity index is 1820. The molecule has 6 heteroatoms. The van der Waals surface area contributed by atoms with Crippen LogP contribution in [-0.4, -0.2) is 14.1 Å². The fraction of sp³-hybridized carbons (Fsp3) is 0.222. The van der Waals surface area contributed by atoms with Crippen LogP contribution in [0.4, 0.5) is 11.4 Å². The number of benzene rings is 4. The molecule has 0 aliphatic carbocycles. The Kier molecular flexibility index (Phi) is 8.43. The van der Waals surface area contributed by atoms with E-state index >= 15 is 0 Å². The largest absolute Gasteiger partial charge is 0.399 e. The molecule has 0 saturated heterocycles. The third-order valence-corrected chi connectivity index (χ3v) is 7.23. The first-order chi connectivity index (χ1) is 20.2. The van der Waals surface area contributed by atoms with E-state index in [-0.39, 0.29) is 10.6 Å². The molecule has 0 aliphatic rings. The van der Waals surface area contributed by atoms with E-state index < -0.39 is 0 Å². The van der Waals surface area contributed by atoms with Gasteiger partial charge >= 0.3 is 0 Å². The Hall–Kier alpha value is -4.84. The Morgan fingerprint density at radius 3 is 1.57 bits per heavy atom. The number of nitrogen functional groups attached to an aromatic ring is 1. The molecule has 6 nitrogen and oxygen atoms in total. The van der Waals surface area contributed by atoms with E-state index in [2.05, 4.69) is 85.5 Å². The molecule has 214 valence electrons. The third-order valence-electron chi connectivity index (χ3n) is 7.23. The zero-order chi connectivity index (χ0) is 29.8. The monoisotopic (exact) mass is 558 g/mol. The van der Waals surface area contributed by atoms with Gasteiger partial charge in [0.2, 0.25) is 0 Å². The summed E-state index contributed by atoms with van der Waals surface area (Å²) in [5.74, 6) is 1.13. The summed E-state index contributed by atoms with van der Waals surface area (Å²) in [6, 6.07) is 31.9. The second-order valence-corrected chi connectivity index (χ2v) is 11.7. The third kappa shape index (κ3) is 6.23. The topological polar surface area (TPSA) is 79.0 Å². The van der Waals surface area contributed by atoms with Crippen molar-refractivity contribution in [2.45, 2.75) is 40.8 Å². The van der Waals surface area contributed by atoms with E-state index in [1.165, 1.54) is 22.0 Å². The average Bonchev–Trinajstić information content (AvgIpc) is 3.56. The molecule has 6 aromatic rings. The Labute approximate surface area is 247 Å². The molecule has 0 unspecified atom stereocenters. The van der Waals surface area contributed by atoms with Crippen molar-refractivity contribution in [3.63, 3.8) is 0 Å². The second-order valence-electron chi connectivity index (χ2n) is 11.7. The molecular weight excluding hydrogens is 520 g/mol. The lowest BCUT2D eigenvalue weighted by molar-refractivity contribution is -0.384. The van der Waals surface area contributed by atoms with Gasteiger partial charge in [0.25, 0.3) is 5.69 Å². The van der Waals surface area contributed by atoms with Crippen LogP contribution in [0.1, 0.15) is 27.7 Å². The van der Waals surface area contributed by atoms with Gasteiger partial charge in [0.15, 0.2) is 0 Å². The molecule has 42 heavy (non-hydrogen) atoms. The van der Waals surface area contributed by atoms with Crippen molar-refractivity contribution >= 4 is 33.2 Å². The van der Waals surface area contributed by atoms with Crippen molar-refractivity contribution in [1.82, 2.24) is 9.13 Å². The minimum absolute atomic E-state index is 0.133. The van der Waals surface area contributed by atoms with Crippen LogP contribution in [0.15, 0.2) is 109 Å². The van der Waals surface area contributed by atoms with Crippen molar-refractivity contribution in [3.8, 4) is 22.3 Å². The molecule has 0 bridgehead atoms. The molecule has 0 radical (unpaired) electrons. The first kappa shape index (κ1) is 28.7. The van der Waals surface area contributed by atoms with Crippen molar-refractivity contribution in [1.29, 1.82) is 0 Å². The molecule has 0 spiro atoms. The molecule has 0 atom stereocenters. The summed E-state index contributed by atoms with van der Waals surface area (Å²) in [4.78, 5) is 10.9. The van der Waals surface area contributed by atoms with Crippen LogP contribution in [0.5, 0.6) is 0 Å². The maximum atomic E-state index is 11.2. The van der Waals surface area contributed by atoms with Gasteiger partial charge in [-0.05, 0) is 47.2 Å². The molecule has 2 N–H and O–H groups in total. The molecule has 0 saturated carbocycles. The van der Waals surface area contributed by atoms with Crippen LogP contribution in [0.2, 0.25) is 0 Å². The fourth-order valence-corrected chi connectivity index (χ4v) is 5.58. The van der Waals surface area contributed by atoms with Crippen LogP contribution >= 0.6 is 0 Å². The van der Waals surface area contributed by atoms with Crippen LogP contribution in [-0.2, 0) is 13.1 Å². The smallest absolute Gasteiger partial charge is 0.270 e. The quantitative estimate of drug-likeness (QED) is 0.120. The standard InChI is InChI=1S/C18H18N2O2.C18H20N2/c1-13(2)12-19-9-8-15-10-16(20(21)22)11-17(18(15)19)14-6-4-3-5-7-14;1-13(2)12-20-9-8-15-10-16(19)11-17(18(15)20)14-6-4-3-5-7-14/h3-11,13H,12H2,1-2H3;3-11,13H,12,19H2,1-2H3. The number of aromatic nitrogens is 2. The number of hydrogen-bond acceptors (Lipinski definition) is 3. The number of hydrogen-bond donors (Lipinski definition) is 1. The van der Waals surface area contributed by atoms with Crippen molar-refractivity contribution < 1.29 is 4.92 Å². The maximum Gasteiger partial charge on any atom is 0.270 e. The molecule has 4 aromatic carbocycles. The highest BCUT2D eigenvalue weighted by Crippen LogP contribution is 2.34. The van der Waals surface area contributed by atoms with Gasteiger partial charge in [-0.1, -0.05) is 88.4 Å². The van der Waals surface area contributed by atoms with E-state index in [1.807, 2.05) is 48.7 Å². The predicted octanol–water partition coefficient (Wildman–Crippen LogP) is 9.42. The minimum Gasteiger partial charge on any atom is -0.399 e. The Morgan fingerprint density at radius 1 is 0.667 bits per heavy atom. The summed E-state index contributed by atoms with van der Waals surface area (Å²) in [5, 5.41) is 13.3. The van der Waals surface area contributed by atoms with Crippen molar-refractivity contribution in [2.75, 3.05) is 5.73 Å². The highest BCUT2D eigenvalue weighted by molar-refractivity contribution is 5.98. The number of nitrogens with two attached hydrogens (primary N) is 1. The lowest BCUT2D eigenvalue weighted by Crippen LogP contribution is -2.03. The predicted molar refractivity (Wildman–Crippen MR) is 175 cm³/mol. The van der Waals surface area contributed by atoms with Gasteiger partial charge in [0, 0.05) is 65.2 Å². The van der Waals surface area contributed by atoms with Crippen molar-refractivity contribution in [2.24, 2.45) is 11.8 Å². The molecule has 2 aromatic heterocycles. The van der Waals surface area contributed by atoms with Gasteiger partial charge in [-0.3, -0.25) is 10.1 Å². The van der Waals surface area contributed by atoms with Gasteiger partial charge in [-0.25, -0.2) is 0 Å². The van der Waals surface area contributed by atoms with Gasteiger partial charge in [0.05, 0.1) is 16.0 Å². The van der Waals surface area contributed by atoms with Crippen LogP contribution in [0.25, 0.3) is 44.1 Å². The molecule has 6 rings (SSSR count). The lowest BCUT2D eigenvalue weighted by Gasteiger charge is -2.13. The number of nitrogens with zero attached hydrogens (tertiary/aromatic N) is 3. The van der Waals surface area contributed by atoms with E-state index in [0.29, 0.717) is 11.8 Å². The molecule has 2 heterocycles. The highest BCUT2D eigenvalue weighted by Gasteiger charge is 2.16. The summed E-state index contributed by atoms with van der Waals surface area (Å²) in [5.41, 5.74) is 13.7. The average molecular weight is 559 g/mol. The van der Waals surface area contributed by atoms with E-state index in [0.717, 1.165) is 40.8 Å². The molecule has 0 fully saturated rings. The second kappa shape index (κ2) is 12.4.